The second-order valence-electron chi connectivity index (χ2n) is 8.63. The van der Waals surface area contributed by atoms with Crippen LogP contribution in [0.4, 0.5) is 4.79 Å². The number of rotatable bonds is 10. The lowest BCUT2D eigenvalue weighted by atomic mass is 10.0. The van der Waals surface area contributed by atoms with E-state index in [0.29, 0.717) is 13.0 Å². The minimum atomic E-state index is -3.53. The summed E-state index contributed by atoms with van der Waals surface area (Å²) in [6.45, 7) is 6.76. The average molecular weight is 473 g/mol. The standard InChI is InChI=1S/C25H33N2O5P/c1-3-31-33(29,32-4-2)25(15-16-26(19-25)17-21-11-7-5-8-12-21)20-27-23(18-30-24(27)28)22-13-9-6-10-14-22/h5-14,23H,3-4,15-20H2,1-2H3/t23-,25?/m0/s1. The molecule has 0 saturated carbocycles. The minimum Gasteiger partial charge on any atom is -0.447 e. The molecule has 7 nitrogen and oxygen atoms in total. The normalized spacial score (nSPS) is 23.8. The molecule has 0 N–H and O–H groups in total. The number of carbonyl (C=O) groups excluding carboxylic acids is 1. The van der Waals surface area contributed by atoms with E-state index in [9.17, 15) is 9.36 Å². The Balaban J connectivity index is 1.64. The molecular formula is C25H33N2O5P. The fourth-order valence-electron chi connectivity index (χ4n) is 4.90. The predicted octanol–water partition coefficient (Wildman–Crippen LogP) is 5.09. The number of hydrogen-bond donors (Lipinski definition) is 0. The molecule has 2 aromatic rings. The molecule has 2 aromatic carbocycles. The van der Waals surface area contributed by atoms with Crippen LogP contribution < -0.4 is 0 Å². The minimum absolute atomic E-state index is 0.226. The van der Waals surface area contributed by atoms with Crippen molar-refractivity contribution in [2.24, 2.45) is 0 Å². The Morgan fingerprint density at radius 1 is 1.03 bits per heavy atom. The van der Waals surface area contributed by atoms with Crippen LogP contribution in [0.2, 0.25) is 0 Å². The van der Waals surface area contributed by atoms with Crippen LogP contribution in [0.15, 0.2) is 60.7 Å². The zero-order valence-electron chi connectivity index (χ0n) is 19.4. The van der Waals surface area contributed by atoms with Crippen molar-refractivity contribution in [1.29, 1.82) is 0 Å². The van der Waals surface area contributed by atoms with Gasteiger partial charge in [0.15, 0.2) is 0 Å². The van der Waals surface area contributed by atoms with Crippen LogP contribution in [-0.2, 0) is 24.9 Å². The van der Waals surface area contributed by atoms with Crippen molar-refractivity contribution in [2.75, 3.05) is 39.5 Å². The SMILES string of the molecule is CCOP(=O)(OCC)C1(CN2C(=O)OC[C@H]2c2ccccc2)CCN(Cc2ccccc2)C1. The molecule has 2 atom stereocenters. The van der Waals surface area contributed by atoms with Crippen LogP contribution in [0.25, 0.3) is 0 Å². The highest BCUT2D eigenvalue weighted by Gasteiger charge is 2.57. The Morgan fingerprint density at radius 2 is 1.67 bits per heavy atom. The highest BCUT2D eigenvalue weighted by atomic mass is 31.2. The number of likely N-dealkylation sites (tertiary alicyclic amines) is 1. The van der Waals surface area contributed by atoms with Gasteiger partial charge in [-0.15, -0.1) is 0 Å². The van der Waals surface area contributed by atoms with Crippen molar-refractivity contribution in [3.8, 4) is 0 Å². The second-order valence-corrected chi connectivity index (χ2v) is 11.1. The van der Waals surface area contributed by atoms with E-state index < -0.39 is 12.8 Å². The molecule has 2 aliphatic heterocycles. The number of hydrogen-bond acceptors (Lipinski definition) is 6. The highest BCUT2D eigenvalue weighted by molar-refractivity contribution is 7.55. The van der Waals surface area contributed by atoms with E-state index in [4.69, 9.17) is 13.8 Å². The Bertz CT molecular complexity index is 963. The van der Waals surface area contributed by atoms with E-state index in [0.717, 1.165) is 18.7 Å². The van der Waals surface area contributed by atoms with Gasteiger partial charge in [0.2, 0.25) is 0 Å². The molecule has 0 aliphatic carbocycles. The summed E-state index contributed by atoms with van der Waals surface area (Å²) in [5.41, 5.74) is 2.19. The average Bonchev–Trinajstić information content (AvgIpc) is 3.40. The van der Waals surface area contributed by atoms with Gasteiger partial charge in [-0.3, -0.25) is 14.4 Å². The molecule has 33 heavy (non-hydrogen) atoms. The fourth-order valence-corrected chi connectivity index (χ4v) is 7.28. The summed E-state index contributed by atoms with van der Waals surface area (Å²) in [7, 11) is -3.53. The number of benzene rings is 2. The molecule has 0 aromatic heterocycles. The topological polar surface area (TPSA) is 68.3 Å². The van der Waals surface area contributed by atoms with Crippen LogP contribution in [0.3, 0.4) is 0 Å². The fraction of sp³-hybridized carbons (Fsp3) is 0.480. The molecule has 2 fully saturated rings. The first-order chi connectivity index (χ1) is 16.0. The van der Waals surface area contributed by atoms with Crippen LogP contribution in [0.1, 0.15) is 37.4 Å². The second kappa shape index (κ2) is 10.4. The molecule has 1 unspecified atom stereocenters. The Labute approximate surface area is 196 Å². The molecule has 2 heterocycles. The van der Waals surface area contributed by atoms with Crippen LogP contribution >= 0.6 is 7.60 Å². The Kier molecular flexibility index (Phi) is 7.55. The van der Waals surface area contributed by atoms with Gasteiger partial charge in [-0.2, -0.15) is 0 Å². The van der Waals surface area contributed by atoms with Gasteiger partial charge < -0.3 is 13.8 Å². The van der Waals surface area contributed by atoms with Gasteiger partial charge in [-0.1, -0.05) is 60.7 Å². The number of nitrogens with zero attached hydrogens (tertiary/aromatic N) is 2. The first-order valence-electron chi connectivity index (χ1n) is 11.6. The molecule has 0 bridgehead atoms. The van der Waals surface area contributed by atoms with Gasteiger partial charge >= 0.3 is 13.7 Å². The molecule has 8 heteroatoms. The molecule has 2 aliphatic rings. The third kappa shape index (κ3) is 5.02. The first kappa shape index (κ1) is 24.0. The van der Waals surface area contributed by atoms with Gasteiger partial charge in [0, 0.05) is 19.6 Å². The monoisotopic (exact) mass is 472 g/mol. The number of amides is 1. The maximum absolute atomic E-state index is 14.2. The molecule has 4 rings (SSSR count). The zero-order chi connectivity index (χ0) is 23.3. The van der Waals surface area contributed by atoms with Crippen molar-refractivity contribution in [3.63, 3.8) is 0 Å². The van der Waals surface area contributed by atoms with Gasteiger partial charge in [-0.25, -0.2) is 4.79 Å². The van der Waals surface area contributed by atoms with E-state index in [1.54, 1.807) is 4.90 Å². The van der Waals surface area contributed by atoms with Crippen molar-refractivity contribution < 1.29 is 23.1 Å². The van der Waals surface area contributed by atoms with Crippen molar-refractivity contribution >= 4 is 13.7 Å². The van der Waals surface area contributed by atoms with E-state index in [2.05, 4.69) is 17.0 Å². The van der Waals surface area contributed by atoms with E-state index in [-0.39, 0.29) is 38.5 Å². The summed E-state index contributed by atoms with van der Waals surface area (Å²) in [5.74, 6) is 0. The van der Waals surface area contributed by atoms with E-state index in [1.807, 2.05) is 62.4 Å². The van der Waals surface area contributed by atoms with Crippen molar-refractivity contribution in [1.82, 2.24) is 9.80 Å². The van der Waals surface area contributed by atoms with Gasteiger partial charge in [0.25, 0.3) is 0 Å². The maximum atomic E-state index is 14.2. The summed E-state index contributed by atoms with van der Waals surface area (Å²) >= 11 is 0. The molecular weight excluding hydrogens is 439 g/mol. The number of cyclic esters (lactones) is 1. The van der Waals surface area contributed by atoms with E-state index >= 15 is 0 Å². The summed E-state index contributed by atoms with van der Waals surface area (Å²) in [5, 5.41) is -0.829. The molecule has 0 radical (unpaired) electrons. The van der Waals surface area contributed by atoms with Crippen molar-refractivity contribution in [3.05, 3.63) is 71.8 Å². The van der Waals surface area contributed by atoms with E-state index in [1.165, 1.54) is 5.56 Å². The summed E-state index contributed by atoms with van der Waals surface area (Å²) in [6.07, 6.45) is 0.229. The van der Waals surface area contributed by atoms with Crippen molar-refractivity contribution in [2.45, 2.75) is 38.0 Å². The lowest BCUT2D eigenvalue weighted by Crippen LogP contribution is -2.47. The molecule has 0 spiro atoms. The Morgan fingerprint density at radius 3 is 2.30 bits per heavy atom. The van der Waals surface area contributed by atoms with Crippen LogP contribution in [-0.4, -0.2) is 60.5 Å². The molecule has 1 amide bonds. The third-order valence-corrected chi connectivity index (χ3v) is 9.33. The summed E-state index contributed by atoms with van der Waals surface area (Å²) in [4.78, 5) is 16.8. The predicted molar refractivity (Wildman–Crippen MR) is 127 cm³/mol. The Hall–Kier alpha value is -2.18. The summed E-state index contributed by atoms with van der Waals surface area (Å²) in [6, 6.07) is 19.8. The van der Waals surface area contributed by atoms with Crippen LogP contribution in [0.5, 0.6) is 0 Å². The number of carbonyl (C=O) groups is 1. The zero-order valence-corrected chi connectivity index (χ0v) is 20.3. The quantitative estimate of drug-likeness (QED) is 0.449. The molecule has 2 saturated heterocycles. The highest BCUT2D eigenvalue weighted by Crippen LogP contribution is 2.64. The lowest BCUT2D eigenvalue weighted by Gasteiger charge is -2.39. The largest absolute Gasteiger partial charge is 0.447 e. The maximum Gasteiger partial charge on any atom is 0.410 e. The van der Waals surface area contributed by atoms with Gasteiger partial charge in [0.05, 0.1) is 19.3 Å². The smallest absolute Gasteiger partial charge is 0.410 e. The third-order valence-electron chi connectivity index (χ3n) is 6.46. The number of ether oxygens (including phenoxy) is 1. The molecule has 178 valence electrons. The van der Waals surface area contributed by atoms with Crippen LogP contribution in [0, 0.1) is 0 Å². The lowest BCUT2D eigenvalue weighted by molar-refractivity contribution is 0.145. The van der Waals surface area contributed by atoms with Gasteiger partial charge in [-0.05, 0) is 37.9 Å². The first-order valence-corrected chi connectivity index (χ1v) is 13.2. The van der Waals surface area contributed by atoms with Gasteiger partial charge in [0.1, 0.15) is 11.8 Å². The summed E-state index contributed by atoms with van der Waals surface area (Å²) < 4.78 is 31.4.